The average molecular weight is 350 g/mol. The Morgan fingerprint density at radius 3 is 2.78 bits per heavy atom. The largest absolute Gasteiger partial charge is 0.383 e. The molecule has 0 atom stereocenters. The van der Waals surface area contributed by atoms with Crippen molar-refractivity contribution in [3.63, 3.8) is 0 Å². The van der Waals surface area contributed by atoms with Gasteiger partial charge in [0.15, 0.2) is 0 Å². The summed E-state index contributed by atoms with van der Waals surface area (Å²) in [6.07, 6.45) is 6.18. The zero-order valence-electron chi connectivity index (χ0n) is 12.5. The maximum atomic E-state index is 12.0. The Morgan fingerprint density at radius 2 is 2.04 bits per heavy atom. The second-order valence-corrected chi connectivity index (χ2v) is 6.47. The number of amides is 1. The van der Waals surface area contributed by atoms with E-state index < -0.39 is 0 Å². The standard InChI is InChI=1S/C17H17Cl2N3O/c18-13-2-1-11(16(19)8-13)5-6-21-15-7-12(9-20-10-15)17(23)22-14-3-4-14/h1-2,7-10,14,21H,3-6H2,(H,22,23). The van der Waals surface area contributed by atoms with Gasteiger partial charge in [0.2, 0.25) is 0 Å². The highest BCUT2D eigenvalue weighted by atomic mass is 35.5. The van der Waals surface area contributed by atoms with Gasteiger partial charge >= 0.3 is 0 Å². The number of halogens is 2. The normalized spacial score (nSPS) is 13.7. The van der Waals surface area contributed by atoms with Crippen LogP contribution >= 0.6 is 23.2 Å². The lowest BCUT2D eigenvalue weighted by atomic mass is 10.1. The number of carbonyl (C=O) groups excluding carboxylic acids is 1. The smallest absolute Gasteiger partial charge is 0.253 e. The molecule has 1 heterocycles. The number of pyridine rings is 1. The molecule has 23 heavy (non-hydrogen) atoms. The van der Waals surface area contributed by atoms with E-state index in [2.05, 4.69) is 15.6 Å². The van der Waals surface area contributed by atoms with Crippen LogP contribution in [0, 0.1) is 0 Å². The van der Waals surface area contributed by atoms with Gasteiger partial charge in [-0.05, 0) is 43.0 Å². The summed E-state index contributed by atoms with van der Waals surface area (Å²) in [5.74, 6) is -0.0654. The lowest BCUT2D eigenvalue weighted by Gasteiger charge is -2.09. The number of hydrogen-bond donors (Lipinski definition) is 2. The Kier molecular flexibility index (Phi) is 5.03. The summed E-state index contributed by atoms with van der Waals surface area (Å²) in [5.41, 5.74) is 2.42. The molecule has 4 nitrogen and oxygen atoms in total. The molecule has 0 spiro atoms. The molecule has 1 amide bonds. The molecular formula is C17H17Cl2N3O. The van der Waals surface area contributed by atoms with Crippen LogP contribution in [0.4, 0.5) is 5.69 Å². The summed E-state index contributed by atoms with van der Waals surface area (Å²) >= 11 is 12.0. The first-order valence-electron chi connectivity index (χ1n) is 7.55. The van der Waals surface area contributed by atoms with Crippen LogP contribution in [-0.2, 0) is 6.42 Å². The lowest BCUT2D eigenvalue weighted by Crippen LogP contribution is -2.25. The van der Waals surface area contributed by atoms with Crippen LogP contribution in [0.15, 0.2) is 36.7 Å². The maximum absolute atomic E-state index is 12.0. The Bertz CT molecular complexity index is 717. The van der Waals surface area contributed by atoms with Gasteiger partial charge in [-0.25, -0.2) is 0 Å². The van der Waals surface area contributed by atoms with E-state index in [1.807, 2.05) is 18.2 Å². The molecule has 0 aliphatic heterocycles. The minimum Gasteiger partial charge on any atom is -0.383 e. The van der Waals surface area contributed by atoms with Crippen molar-refractivity contribution in [1.82, 2.24) is 10.3 Å². The van der Waals surface area contributed by atoms with Crippen molar-refractivity contribution < 1.29 is 4.79 Å². The first-order chi connectivity index (χ1) is 11.1. The van der Waals surface area contributed by atoms with Crippen LogP contribution in [0.2, 0.25) is 10.0 Å². The van der Waals surface area contributed by atoms with Crippen molar-refractivity contribution in [3.05, 3.63) is 57.8 Å². The molecule has 120 valence electrons. The molecule has 1 aromatic heterocycles. The predicted molar refractivity (Wildman–Crippen MR) is 93.4 cm³/mol. The fourth-order valence-electron chi connectivity index (χ4n) is 2.22. The van der Waals surface area contributed by atoms with Crippen LogP contribution in [0.1, 0.15) is 28.8 Å². The molecule has 6 heteroatoms. The van der Waals surface area contributed by atoms with Crippen LogP contribution in [-0.4, -0.2) is 23.5 Å². The Morgan fingerprint density at radius 1 is 1.22 bits per heavy atom. The molecule has 1 saturated carbocycles. The number of hydrogen-bond acceptors (Lipinski definition) is 3. The number of aromatic nitrogens is 1. The second-order valence-electron chi connectivity index (χ2n) is 5.62. The van der Waals surface area contributed by atoms with Crippen molar-refractivity contribution in [2.24, 2.45) is 0 Å². The Balaban J connectivity index is 1.56. The average Bonchev–Trinajstić information content (AvgIpc) is 3.34. The third-order valence-corrected chi connectivity index (χ3v) is 4.24. The molecule has 1 aromatic carbocycles. The molecular weight excluding hydrogens is 333 g/mol. The summed E-state index contributed by atoms with van der Waals surface area (Å²) < 4.78 is 0. The minimum absolute atomic E-state index is 0.0654. The zero-order chi connectivity index (χ0) is 16.2. The lowest BCUT2D eigenvalue weighted by molar-refractivity contribution is 0.0951. The van der Waals surface area contributed by atoms with Gasteiger partial charge in [0.25, 0.3) is 5.91 Å². The Hall–Kier alpha value is -1.78. The van der Waals surface area contributed by atoms with Crippen LogP contribution in [0.25, 0.3) is 0 Å². The fraction of sp³-hybridized carbons (Fsp3) is 0.294. The van der Waals surface area contributed by atoms with Crippen molar-refractivity contribution >= 4 is 34.8 Å². The van der Waals surface area contributed by atoms with Crippen LogP contribution in [0.5, 0.6) is 0 Å². The first-order valence-corrected chi connectivity index (χ1v) is 8.31. The van der Waals surface area contributed by atoms with Crippen molar-refractivity contribution in [2.75, 3.05) is 11.9 Å². The second kappa shape index (κ2) is 7.20. The van der Waals surface area contributed by atoms with Gasteiger partial charge in [-0.1, -0.05) is 29.3 Å². The van der Waals surface area contributed by atoms with E-state index in [9.17, 15) is 4.79 Å². The first kappa shape index (κ1) is 16.1. The minimum atomic E-state index is -0.0654. The summed E-state index contributed by atoms with van der Waals surface area (Å²) in [4.78, 5) is 16.1. The molecule has 0 radical (unpaired) electrons. The highest BCUT2D eigenvalue weighted by molar-refractivity contribution is 6.35. The third kappa shape index (κ3) is 4.60. The number of nitrogens with one attached hydrogen (secondary N) is 2. The van der Waals surface area contributed by atoms with Gasteiger partial charge in [0.1, 0.15) is 0 Å². The fourth-order valence-corrected chi connectivity index (χ4v) is 2.73. The van der Waals surface area contributed by atoms with E-state index in [-0.39, 0.29) is 5.91 Å². The topological polar surface area (TPSA) is 54.0 Å². The molecule has 1 fully saturated rings. The van der Waals surface area contributed by atoms with Gasteiger partial charge in [0.05, 0.1) is 11.3 Å². The zero-order valence-corrected chi connectivity index (χ0v) is 14.0. The summed E-state index contributed by atoms with van der Waals surface area (Å²) in [6, 6.07) is 7.64. The third-order valence-electron chi connectivity index (χ3n) is 3.65. The SMILES string of the molecule is O=C(NC1CC1)c1cncc(NCCc2ccc(Cl)cc2Cl)c1. The summed E-state index contributed by atoms with van der Waals surface area (Å²) in [5, 5.41) is 7.51. The molecule has 0 unspecified atom stereocenters. The number of anilines is 1. The molecule has 2 N–H and O–H groups in total. The van der Waals surface area contributed by atoms with Crippen molar-refractivity contribution in [1.29, 1.82) is 0 Å². The quantitative estimate of drug-likeness (QED) is 0.830. The number of benzene rings is 1. The Labute approximate surface area is 145 Å². The van der Waals surface area contributed by atoms with Crippen LogP contribution in [0.3, 0.4) is 0 Å². The van der Waals surface area contributed by atoms with E-state index >= 15 is 0 Å². The van der Waals surface area contributed by atoms with Gasteiger partial charge in [-0.2, -0.15) is 0 Å². The van der Waals surface area contributed by atoms with Crippen molar-refractivity contribution in [3.8, 4) is 0 Å². The highest BCUT2D eigenvalue weighted by Crippen LogP contribution is 2.22. The molecule has 1 aliphatic carbocycles. The van der Waals surface area contributed by atoms with E-state index in [0.717, 1.165) is 30.5 Å². The van der Waals surface area contributed by atoms with Crippen molar-refractivity contribution in [2.45, 2.75) is 25.3 Å². The summed E-state index contributed by atoms with van der Waals surface area (Å²) in [7, 11) is 0. The molecule has 0 saturated heterocycles. The highest BCUT2D eigenvalue weighted by Gasteiger charge is 2.23. The number of rotatable bonds is 6. The van der Waals surface area contributed by atoms with Gasteiger partial charge < -0.3 is 10.6 Å². The number of carbonyl (C=O) groups is 1. The molecule has 2 aromatic rings. The van der Waals surface area contributed by atoms with E-state index in [1.165, 1.54) is 0 Å². The molecule has 3 rings (SSSR count). The van der Waals surface area contributed by atoms with Gasteiger partial charge in [-0.3, -0.25) is 9.78 Å². The van der Waals surface area contributed by atoms with E-state index in [4.69, 9.17) is 23.2 Å². The number of nitrogens with zero attached hydrogens (tertiary/aromatic N) is 1. The predicted octanol–water partition coefficient (Wildman–Crippen LogP) is 3.94. The van der Waals surface area contributed by atoms with E-state index in [1.54, 1.807) is 18.5 Å². The summed E-state index contributed by atoms with van der Waals surface area (Å²) in [6.45, 7) is 0.691. The molecule has 0 bridgehead atoms. The van der Waals surface area contributed by atoms with E-state index in [0.29, 0.717) is 28.2 Å². The van der Waals surface area contributed by atoms with Crippen LogP contribution < -0.4 is 10.6 Å². The van der Waals surface area contributed by atoms with Gasteiger partial charge in [0, 0.05) is 35.0 Å². The monoisotopic (exact) mass is 349 g/mol. The van der Waals surface area contributed by atoms with Gasteiger partial charge in [-0.15, -0.1) is 0 Å². The molecule has 1 aliphatic rings. The maximum Gasteiger partial charge on any atom is 0.253 e.